The van der Waals surface area contributed by atoms with E-state index in [2.05, 4.69) is 5.16 Å². The fourth-order valence-electron chi connectivity index (χ4n) is 2.25. The minimum Gasteiger partial charge on any atom is -0.390 e. The van der Waals surface area contributed by atoms with Gasteiger partial charge in [-0.1, -0.05) is 23.7 Å². The maximum absolute atomic E-state index is 12.1. The van der Waals surface area contributed by atoms with Gasteiger partial charge in [-0.3, -0.25) is 4.79 Å². The zero-order valence-corrected chi connectivity index (χ0v) is 12.0. The quantitative estimate of drug-likeness (QED) is 0.921. The molecule has 2 heterocycles. The van der Waals surface area contributed by atoms with E-state index in [1.807, 2.05) is 13.8 Å². The predicted octanol–water partition coefficient (Wildman–Crippen LogP) is 1.88. The first-order valence-electron chi connectivity index (χ1n) is 6.50. The summed E-state index contributed by atoms with van der Waals surface area (Å²) in [7, 11) is 0. The number of carbonyl (C=O) groups excluding carboxylic acids is 1. The average Bonchev–Trinajstić information content (AvgIpc) is 2.76. The molecule has 0 aromatic carbocycles. The van der Waals surface area contributed by atoms with Gasteiger partial charge < -0.3 is 14.5 Å². The standard InChI is InChI=1S/C13H19ClN2O3/c1-9-8-16(6-5-13(9,2)18)12(17)4-3-10-7-11(14)15-19-10/h7,9,18H,3-6,8H2,1-2H3/t9-,13+/m1/s1. The lowest BCUT2D eigenvalue weighted by atomic mass is 9.84. The summed E-state index contributed by atoms with van der Waals surface area (Å²) in [4.78, 5) is 13.9. The molecule has 5 nitrogen and oxygen atoms in total. The van der Waals surface area contributed by atoms with Crippen molar-refractivity contribution < 1.29 is 14.4 Å². The summed E-state index contributed by atoms with van der Waals surface area (Å²) >= 11 is 5.65. The number of halogens is 1. The molecule has 1 fully saturated rings. The van der Waals surface area contributed by atoms with Crippen molar-refractivity contribution in [2.75, 3.05) is 13.1 Å². The highest BCUT2D eigenvalue weighted by Gasteiger charge is 2.35. The fourth-order valence-corrected chi connectivity index (χ4v) is 2.40. The number of amides is 1. The number of aromatic nitrogens is 1. The zero-order valence-electron chi connectivity index (χ0n) is 11.2. The molecule has 0 aliphatic carbocycles. The van der Waals surface area contributed by atoms with Crippen molar-refractivity contribution >= 4 is 17.5 Å². The van der Waals surface area contributed by atoms with Gasteiger partial charge >= 0.3 is 0 Å². The molecule has 1 N–H and O–H groups in total. The number of nitrogens with zero attached hydrogens (tertiary/aromatic N) is 2. The molecule has 1 aliphatic rings. The topological polar surface area (TPSA) is 66.6 Å². The van der Waals surface area contributed by atoms with Gasteiger partial charge in [-0.25, -0.2) is 0 Å². The van der Waals surface area contributed by atoms with Gasteiger partial charge in [-0.05, 0) is 13.3 Å². The van der Waals surface area contributed by atoms with Gasteiger partial charge in [0.25, 0.3) is 0 Å². The third kappa shape index (κ3) is 3.48. The molecule has 0 bridgehead atoms. The number of aliphatic hydroxyl groups is 1. The highest BCUT2D eigenvalue weighted by molar-refractivity contribution is 6.29. The molecule has 1 saturated heterocycles. The summed E-state index contributed by atoms with van der Waals surface area (Å²) in [6.45, 7) is 5.00. The normalized spacial score (nSPS) is 27.6. The minimum absolute atomic E-state index is 0.0786. The van der Waals surface area contributed by atoms with E-state index in [1.165, 1.54) is 0 Å². The van der Waals surface area contributed by atoms with Gasteiger partial charge in [-0.15, -0.1) is 0 Å². The van der Waals surface area contributed by atoms with Crippen LogP contribution in [0.2, 0.25) is 5.15 Å². The molecule has 1 aromatic rings. The Labute approximate surface area is 117 Å². The van der Waals surface area contributed by atoms with Crippen LogP contribution >= 0.6 is 11.6 Å². The molecule has 1 amide bonds. The maximum Gasteiger partial charge on any atom is 0.223 e. The van der Waals surface area contributed by atoms with Crippen molar-refractivity contribution in [3.05, 3.63) is 17.0 Å². The van der Waals surface area contributed by atoms with Gasteiger partial charge in [-0.2, -0.15) is 0 Å². The SMILES string of the molecule is C[C@@H]1CN(C(=O)CCc2cc(Cl)no2)CC[C@]1(C)O. The Morgan fingerprint density at radius 2 is 2.47 bits per heavy atom. The molecule has 1 aromatic heterocycles. The molecule has 19 heavy (non-hydrogen) atoms. The second-order valence-electron chi connectivity index (χ2n) is 5.46. The third-order valence-corrected chi connectivity index (χ3v) is 4.09. The van der Waals surface area contributed by atoms with Crippen LogP contribution in [0.3, 0.4) is 0 Å². The smallest absolute Gasteiger partial charge is 0.223 e. The molecule has 0 unspecified atom stereocenters. The van der Waals surface area contributed by atoms with E-state index in [0.717, 1.165) is 0 Å². The average molecular weight is 287 g/mol. The second kappa shape index (κ2) is 5.51. The Morgan fingerprint density at radius 3 is 3.05 bits per heavy atom. The molecule has 0 radical (unpaired) electrons. The highest BCUT2D eigenvalue weighted by atomic mass is 35.5. The Kier molecular flexibility index (Phi) is 4.16. The molecule has 2 atom stereocenters. The number of carbonyl (C=O) groups is 1. The van der Waals surface area contributed by atoms with Gasteiger partial charge in [0.1, 0.15) is 5.76 Å². The van der Waals surface area contributed by atoms with Gasteiger partial charge in [0.2, 0.25) is 5.91 Å². The van der Waals surface area contributed by atoms with Crippen LogP contribution in [0.25, 0.3) is 0 Å². The first kappa shape index (κ1) is 14.3. The molecule has 1 aliphatic heterocycles. The van der Waals surface area contributed by atoms with E-state index < -0.39 is 5.60 Å². The highest BCUT2D eigenvalue weighted by Crippen LogP contribution is 2.27. The van der Waals surface area contributed by atoms with Crippen LogP contribution < -0.4 is 0 Å². The van der Waals surface area contributed by atoms with Crippen molar-refractivity contribution in [2.24, 2.45) is 5.92 Å². The van der Waals surface area contributed by atoms with Crippen LogP contribution in [0, 0.1) is 5.92 Å². The predicted molar refractivity (Wildman–Crippen MR) is 70.8 cm³/mol. The summed E-state index contributed by atoms with van der Waals surface area (Å²) < 4.78 is 4.96. The Balaban J connectivity index is 1.84. The van der Waals surface area contributed by atoms with Crippen LogP contribution in [0.1, 0.15) is 32.4 Å². The molecule has 6 heteroatoms. The summed E-state index contributed by atoms with van der Waals surface area (Å²) in [6, 6.07) is 1.62. The molecular formula is C13H19ClN2O3. The number of piperidine rings is 1. The van der Waals surface area contributed by atoms with Crippen molar-refractivity contribution in [1.29, 1.82) is 0 Å². The second-order valence-corrected chi connectivity index (χ2v) is 5.85. The zero-order chi connectivity index (χ0) is 14.0. The molecule has 2 rings (SSSR count). The summed E-state index contributed by atoms with van der Waals surface area (Å²) in [6.07, 6.45) is 1.49. The summed E-state index contributed by atoms with van der Waals surface area (Å²) in [5.74, 6) is 0.787. The number of likely N-dealkylation sites (tertiary alicyclic amines) is 1. The van der Waals surface area contributed by atoms with Crippen LogP contribution in [-0.2, 0) is 11.2 Å². The van der Waals surface area contributed by atoms with E-state index >= 15 is 0 Å². The Morgan fingerprint density at radius 1 is 1.74 bits per heavy atom. The van der Waals surface area contributed by atoms with Crippen molar-refractivity contribution in [3.8, 4) is 0 Å². The lowest BCUT2D eigenvalue weighted by Gasteiger charge is -2.41. The van der Waals surface area contributed by atoms with E-state index in [-0.39, 0.29) is 11.8 Å². The van der Waals surface area contributed by atoms with E-state index in [9.17, 15) is 9.90 Å². The van der Waals surface area contributed by atoms with Crippen molar-refractivity contribution in [1.82, 2.24) is 10.1 Å². The van der Waals surface area contributed by atoms with E-state index in [4.69, 9.17) is 16.1 Å². The molecule has 106 valence electrons. The largest absolute Gasteiger partial charge is 0.390 e. The minimum atomic E-state index is -0.671. The Bertz CT molecular complexity index is 458. The molecular weight excluding hydrogens is 268 g/mol. The van der Waals surface area contributed by atoms with E-state index in [0.29, 0.717) is 43.3 Å². The molecule has 0 spiro atoms. The summed E-state index contributed by atoms with van der Waals surface area (Å²) in [5, 5.41) is 14.0. The monoisotopic (exact) mass is 286 g/mol. The first-order chi connectivity index (χ1) is 8.88. The maximum atomic E-state index is 12.1. The fraction of sp³-hybridized carbons (Fsp3) is 0.692. The first-order valence-corrected chi connectivity index (χ1v) is 6.87. The van der Waals surface area contributed by atoms with Gasteiger partial charge in [0.05, 0.1) is 5.60 Å². The van der Waals surface area contributed by atoms with Crippen LogP contribution in [0.15, 0.2) is 10.6 Å². The lowest BCUT2D eigenvalue weighted by Crippen LogP contribution is -2.50. The number of rotatable bonds is 3. The lowest BCUT2D eigenvalue weighted by molar-refractivity contribution is -0.138. The van der Waals surface area contributed by atoms with Crippen LogP contribution in [0.4, 0.5) is 0 Å². The number of hydrogen-bond acceptors (Lipinski definition) is 4. The van der Waals surface area contributed by atoms with E-state index in [1.54, 1.807) is 11.0 Å². The van der Waals surface area contributed by atoms with Crippen LogP contribution in [0.5, 0.6) is 0 Å². The molecule has 0 saturated carbocycles. The Hall–Kier alpha value is -1.07. The third-order valence-electron chi connectivity index (χ3n) is 3.91. The number of hydrogen-bond donors (Lipinski definition) is 1. The van der Waals surface area contributed by atoms with Crippen LogP contribution in [-0.4, -0.2) is 39.8 Å². The van der Waals surface area contributed by atoms with Crippen molar-refractivity contribution in [3.63, 3.8) is 0 Å². The summed E-state index contributed by atoms with van der Waals surface area (Å²) in [5.41, 5.74) is -0.671. The van der Waals surface area contributed by atoms with Gasteiger partial charge in [0.15, 0.2) is 5.15 Å². The van der Waals surface area contributed by atoms with Crippen molar-refractivity contribution in [2.45, 2.75) is 38.7 Å². The van der Waals surface area contributed by atoms with Gasteiger partial charge in [0, 0.05) is 37.9 Å². The number of aryl methyl sites for hydroxylation is 1.